The van der Waals surface area contributed by atoms with Gasteiger partial charge in [-0.15, -0.1) is 0 Å². The molecule has 1 nitrogen and oxygen atoms in total. The largest absolute Gasteiger partial charge is 0.212 e. The van der Waals surface area contributed by atoms with Gasteiger partial charge in [0.2, 0.25) is 5.69 Å². The van der Waals surface area contributed by atoms with Gasteiger partial charge in [-0.05, 0) is 67.1 Å². The zero-order valence-corrected chi connectivity index (χ0v) is 13.0. The van der Waals surface area contributed by atoms with Crippen molar-refractivity contribution in [1.29, 1.82) is 0 Å². The van der Waals surface area contributed by atoms with Gasteiger partial charge in [-0.1, -0.05) is 18.2 Å². The molecule has 116 valence electrons. The van der Waals surface area contributed by atoms with Gasteiger partial charge in [-0.25, -0.2) is 8.96 Å². The highest BCUT2D eigenvalue weighted by Crippen LogP contribution is 2.31. The van der Waals surface area contributed by atoms with Crippen molar-refractivity contribution in [3.8, 4) is 22.4 Å². The molecular formula is C21H21FN+. The van der Waals surface area contributed by atoms with E-state index in [4.69, 9.17) is 8.22 Å². The molecule has 0 aliphatic rings. The fourth-order valence-corrected chi connectivity index (χ4v) is 2.74. The molecule has 0 atom stereocenters. The Morgan fingerprint density at radius 1 is 0.913 bits per heavy atom. The molecule has 23 heavy (non-hydrogen) atoms. The second-order valence-electron chi connectivity index (χ2n) is 5.63. The van der Waals surface area contributed by atoms with Gasteiger partial charge in [0, 0.05) is 25.4 Å². The predicted molar refractivity (Wildman–Crippen MR) is 92.7 cm³/mol. The smallest absolute Gasteiger partial charge is 0.207 e. The molecule has 1 heterocycles. The molecule has 0 bridgehead atoms. The number of rotatable bonds is 2. The first-order valence-electron chi connectivity index (χ1n) is 10.3. The topological polar surface area (TPSA) is 3.88 Å². The van der Waals surface area contributed by atoms with Crippen molar-refractivity contribution in [2.24, 2.45) is 7.05 Å². The predicted octanol–water partition coefficient (Wildman–Crippen LogP) is 4.91. The van der Waals surface area contributed by atoms with Crippen LogP contribution in [0.15, 0.2) is 54.7 Å². The van der Waals surface area contributed by atoms with Crippen molar-refractivity contribution in [1.82, 2.24) is 0 Å². The molecule has 0 saturated heterocycles. The second-order valence-corrected chi connectivity index (χ2v) is 5.63. The number of halogens is 1. The van der Waals surface area contributed by atoms with Crippen LogP contribution in [0.3, 0.4) is 0 Å². The highest BCUT2D eigenvalue weighted by Gasteiger charge is 2.15. The number of hydrogen-bond acceptors (Lipinski definition) is 0. The summed E-state index contributed by atoms with van der Waals surface area (Å²) in [7, 11) is 1.75. The van der Waals surface area contributed by atoms with Crippen molar-refractivity contribution in [2.45, 2.75) is 20.6 Å². The molecule has 3 aromatic rings. The Morgan fingerprint density at radius 2 is 1.70 bits per heavy atom. The van der Waals surface area contributed by atoms with Crippen molar-refractivity contribution in [2.75, 3.05) is 0 Å². The van der Waals surface area contributed by atoms with Gasteiger partial charge in [0.1, 0.15) is 12.9 Å². The van der Waals surface area contributed by atoms with Crippen LogP contribution in [0, 0.1) is 26.4 Å². The minimum atomic E-state index is -2.33. The second kappa shape index (κ2) is 5.96. The number of benzene rings is 2. The number of hydrogen-bond donors (Lipinski definition) is 0. The van der Waals surface area contributed by atoms with Crippen molar-refractivity contribution in [3.63, 3.8) is 0 Å². The first-order chi connectivity index (χ1) is 13.4. The highest BCUT2D eigenvalue weighted by molar-refractivity contribution is 5.75. The summed E-state index contributed by atoms with van der Waals surface area (Å²) in [6, 6.07) is 12.4. The summed E-state index contributed by atoms with van der Waals surface area (Å²) in [6.45, 7) is -2.73. The minimum absolute atomic E-state index is 0.187. The minimum Gasteiger partial charge on any atom is -0.207 e. The number of pyridine rings is 1. The van der Waals surface area contributed by atoms with E-state index in [9.17, 15) is 4.39 Å². The van der Waals surface area contributed by atoms with Gasteiger partial charge in [-0.3, -0.25) is 0 Å². The Kier molecular flexibility index (Phi) is 2.49. The van der Waals surface area contributed by atoms with Crippen LogP contribution >= 0.6 is 0 Å². The van der Waals surface area contributed by atoms with Crippen molar-refractivity contribution < 1.29 is 17.2 Å². The Morgan fingerprint density at radius 3 is 2.35 bits per heavy atom. The first-order valence-corrected chi connectivity index (χ1v) is 7.29. The van der Waals surface area contributed by atoms with E-state index in [1.54, 1.807) is 54.2 Å². The first kappa shape index (κ1) is 9.61. The van der Waals surface area contributed by atoms with Crippen LogP contribution < -0.4 is 4.57 Å². The third-order valence-corrected chi connectivity index (χ3v) is 3.93. The molecule has 0 saturated carbocycles. The number of nitrogens with zero attached hydrogens (tertiary/aromatic N) is 1. The Labute approximate surface area is 145 Å². The van der Waals surface area contributed by atoms with Crippen LogP contribution in [0.25, 0.3) is 22.4 Å². The average Bonchev–Trinajstić information content (AvgIpc) is 2.61. The van der Waals surface area contributed by atoms with E-state index >= 15 is 0 Å². The zero-order chi connectivity index (χ0) is 21.6. The van der Waals surface area contributed by atoms with Gasteiger partial charge in [0.05, 0.1) is 0 Å². The molecule has 2 heteroatoms. The van der Waals surface area contributed by atoms with Crippen molar-refractivity contribution in [3.05, 3.63) is 77.2 Å². The monoisotopic (exact) mass is 312 g/mol. The molecule has 1 aromatic heterocycles. The molecule has 0 aliphatic carbocycles. The van der Waals surface area contributed by atoms with Gasteiger partial charge in [0.25, 0.3) is 0 Å². The van der Waals surface area contributed by atoms with E-state index in [1.807, 2.05) is 6.92 Å². The number of aromatic nitrogens is 1. The summed E-state index contributed by atoms with van der Waals surface area (Å²) in [5.41, 5.74) is 3.77. The lowest BCUT2D eigenvalue weighted by atomic mass is 9.93. The molecule has 3 rings (SSSR count). The van der Waals surface area contributed by atoms with Gasteiger partial charge < -0.3 is 0 Å². The van der Waals surface area contributed by atoms with Gasteiger partial charge in [-0.2, -0.15) is 0 Å². The maximum absolute atomic E-state index is 13.4. The molecule has 0 radical (unpaired) electrons. The van der Waals surface area contributed by atoms with Crippen LogP contribution in [0.4, 0.5) is 4.39 Å². The molecule has 0 N–H and O–H groups in total. The number of aryl methyl sites for hydroxylation is 4. The summed E-state index contributed by atoms with van der Waals surface area (Å²) in [5, 5.41) is 0. The summed E-state index contributed by atoms with van der Waals surface area (Å²) < 4.78 is 61.5. The molecule has 2 aromatic carbocycles. The standard InChI is InChI=1S/C21H21FN/c1-14-5-10-21(23(4)13-14)20-12-19(15(2)11-16(20)3)17-6-8-18(22)9-7-17/h5-13H,1-4H3/q+1/i1D3,2D3. The zero-order valence-electron chi connectivity index (χ0n) is 19.0. The van der Waals surface area contributed by atoms with Crippen LogP contribution in [0.2, 0.25) is 0 Å². The molecular weight excluding hydrogens is 285 g/mol. The third kappa shape index (κ3) is 3.02. The highest BCUT2D eigenvalue weighted by atomic mass is 19.1. The quantitative estimate of drug-likeness (QED) is 0.592. The van der Waals surface area contributed by atoms with E-state index in [0.29, 0.717) is 11.1 Å². The van der Waals surface area contributed by atoms with Crippen LogP contribution in [0.1, 0.15) is 24.9 Å². The molecule has 0 fully saturated rings. The fourth-order valence-electron chi connectivity index (χ4n) is 2.74. The van der Waals surface area contributed by atoms with E-state index in [0.717, 1.165) is 16.8 Å². The van der Waals surface area contributed by atoms with Crippen LogP contribution in [-0.4, -0.2) is 0 Å². The maximum Gasteiger partial charge on any atom is 0.212 e. The summed E-state index contributed by atoms with van der Waals surface area (Å²) in [6.07, 6.45) is 1.55. The third-order valence-electron chi connectivity index (χ3n) is 3.93. The lowest BCUT2D eigenvalue weighted by Gasteiger charge is -2.12. The Hall–Kier alpha value is -2.48. The van der Waals surface area contributed by atoms with E-state index in [2.05, 4.69) is 0 Å². The van der Waals surface area contributed by atoms with Crippen LogP contribution in [0.5, 0.6) is 0 Å². The molecule has 0 spiro atoms. The van der Waals surface area contributed by atoms with Gasteiger partial charge >= 0.3 is 0 Å². The average molecular weight is 312 g/mol. The summed E-state index contributed by atoms with van der Waals surface area (Å²) >= 11 is 0. The molecule has 0 amide bonds. The normalized spacial score (nSPS) is 15.8. The Balaban J connectivity index is 2.24. The molecule has 0 unspecified atom stereocenters. The van der Waals surface area contributed by atoms with E-state index in [-0.39, 0.29) is 11.1 Å². The van der Waals surface area contributed by atoms with Crippen molar-refractivity contribution >= 4 is 0 Å². The lowest BCUT2D eigenvalue weighted by molar-refractivity contribution is -0.660. The fraction of sp³-hybridized carbons (Fsp3) is 0.190. The van der Waals surface area contributed by atoms with E-state index in [1.165, 1.54) is 12.1 Å². The lowest BCUT2D eigenvalue weighted by Crippen LogP contribution is -2.31. The molecule has 0 aliphatic heterocycles. The van der Waals surface area contributed by atoms with E-state index < -0.39 is 19.5 Å². The van der Waals surface area contributed by atoms with Gasteiger partial charge in [0.15, 0.2) is 6.20 Å². The summed E-state index contributed by atoms with van der Waals surface area (Å²) in [4.78, 5) is 0. The summed E-state index contributed by atoms with van der Waals surface area (Å²) in [5.74, 6) is -0.400. The SMILES string of the molecule is [2H]C([2H])([2H])c1ccc(-c2cc(-c3ccc(F)cc3)c(C([2H])([2H])[2H])cc2C)[n+](C)c1. The van der Waals surface area contributed by atoms with Crippen LogP contribution in [-0.2, 0) is 7.05 Å². The Bertz CT molecular complexity index is 1050. The maximum atomic E-state index is 13.4.